The summed E-state index contributed by atoms with van der Waals surface area (Å²) in [5.41, 5.74) is 1.73. The minimum atomic E-state index is -3.52. The van der Waals surface area contributed by atoms with Crippen LogP contribution in [0.3, 0.4) is 0 Å². The van der Waals surface area contributed by atoms with Crippen molar-refractivity contribution in [3.05, 3.63) is 59.2 Å². The minimum Gasteiger partial charge on any atom is -0.486 e. The van der Waals surface area contributed by atoms with Gasteiger partial charge >= 0.3 is 5.97 Å². The van der Waals surface area contributed by atoms with E-state index in [9.17, 15) is 18.0 Å². The van der Waals surface area contributed by atoms with Crippen LogP contribution in [-0.2, 0) is 19.6 Å². The maximum Gasteiger partial charge on any atom is 0.315 e. The van der Waals surface area contributed by atoms with Crippen molar-refractivity contribution in [2.45, 2.75) is 56.7 Å². The number of nitrogens with zero attached hydrogens (tertiary/aromatic N) is 1. The molecule has 2 aliphatic heterocycles. The van der Waals surface area contributed by atoms with Gasteiger partial charge in [0, 0.05) is 17.6 Å². The van der Waals surface area contributed by atoms with Crippen LogP contribution in [0.15, 0.2) is 42.5 Å². The number of sulfonamides is 1. The second-order valence-electron chi connectivity index (χ2n) is 9.73. The molecule has 2 aromatic rings. The molecule has 37 heavy (non-hydrogen) atoms. The van der Waals surface area contributed by atoms with E-state index in [0.29, 0.717) is 54.2 Å². The molecule has 198 valence electrons. The number of hydrogen-bond acceptors (Lipinski definition) is 7. The molecule has 3 aliphatic rings. The second-order valence-corrected chi connectivity index (χ2v) is 11.5. The topological polar surface area (TPSA) is 111 Å². The highest BCUT2D eigenvalue weighted by atomic mass is 32.2. The molecule has 1 saturated carbocycles. The molecule has 0 aromatic heterocycles. The third kappa shape index (κ3) is 5.04. The largest absolute Gasteiger partial charge is 0.486 e. The average Bonchev–Trinajstić information content (AvgIpc) is 2.88. The summed E-state index contributed by atoms with van der Waals surface area (Å²) in [6, 6.07) is 10.9. The SMILES string of the molecule is CCOC(=O)C1c2ccccc2C(=O)N(C2CCCCC2NS(C)(=O)=O)C1c1ccc2c(c1)OCCO2. The van der Waals surface area contributed by atoms with E-state index in [1.807, 2.05) is 18.2 Å². The van der Waals surface area contributed by atoms with Crippen molar-refractivity contribution in [1.29, 1.82) is 0 Å². The molecular weight excluding hydrogens is 496 g/mol. The van der Waals surface area contributed by atoms with Crippen molar-refractivity contribution in [2.75, 3.05) is 26.1 Å². The highest BCUT2D eigenvalue weighted by Gasteiger charge is 2.49. The molecule has 0 bridgehead atoms. The molecule has 1 N–H and O–H groups in total. The molecule has 1 fully saturated rings. The minimum absolute atomic E-state index is 0.195. The smallest absolute Gasteiger partial charge is 0.315 e. The quantitative estimate of drug-likeness (QED) is 0.574. The van der Waals surface area contributed by atoms with Crippen LogP contribution in [0.1, 0.15) is 66.1 Å². The van der Waals surface area contributed by atoms with Gasteiger partial charge in [-0.2, -0.15) is 0 Å². The zero-order valence-electron chi connectivity index (χ0n) is 21.0. The first-order chi connectivity index (χ1) is 17.8. The maximum absolute atomic E-state index is 14.2. The zero-order valence-corrected chi connectivity index (χ0v) is 21.8. The molecule has 0 radical (unpaired) electrons. The van der Waals surface area contributed by atoms with E-state index >= 15 is 0 Å². The van der Waals surface area contributed by atoms with E-state index in [1.54, 1.807) is 36.1 Å². The third-order valence-corrected chi connectivity index (χ3v) is 8.01. The second kappa shape index (κ2) is 10.3. The average molecular weight is 529 g/mol. The summed E-state index contributed by atoms with van der Waals surface area (Å²) < 4.78 is 44.3. The summed E-state index contributed by atoms with van der Waals surface area (Å²) in [6.07, 6.45) is 4.03. The Morgan fingerprint density at radius 1 is 1.08 bits per heavy atom. The number of carbonyl (C=O) groups excluding carboxylic acids is 2. The van der Waals surface area contributed by atoms with E-state index in [2.05, 4.69) is 4.72 Å². The summed E-state index contributed by atoms with van der Waals surface area (Å²) in [4.78, 5) is 29.4. The van der Waals surface area contributed by atoms with Gasteiger partial charge in [-0.1, -0.05) is 37.1 Å². The van der Waals surface area contributed by atoms with Crippen LogP contribution in [0, 0.1) is 0 Å². The Morgan fingerprint density at radius 2 is 1.81 bits per heavy atom. The number of carbonyl (C=O) groups is 2. The van der Waals surface area contributed by atoms with Crippen molar-refractivity contribution in [1.82, 2.24) is 9.62 Å². The highest BCUT2D eigenvalue weighted by Crippen LogP contribution is 2.48. The number of fused-ring (bicyclic) bond motifs is 2. The van der Waals surface area contributed by atoms with Crippen LogP contribution < -0.4 is 14.2 Å². The molecule has 4 atom stereocenters. The predicted molar refractivity (Wildman–Crippen MR) is 136 cm³/mol. The third-order valence-electron chi connectivity index (χ3n) is 7.28. The fourth-order valence-electron chi connectivity index (χ4n) is 5.86. The Balaban J connectivity index is 1.69. The van der Waals surface area contributed by atoms with Crippen LogP contribution in [-0.4, -0.2) is 63.4 Å². The van der Waals surface area contributed by atoms with Gasteiger partial charge in [-0.25, -0.2) is 13.1 Å². The number of hydrogen-bond donors (Lipinski definition) is 1. The van der Waals surface area contributed by atoms with Gasteiger partial charge in [0.15, 0.2) is 11.5 Å². The maximum atomic E-state index is 14.2. The standard InChI is InChI=1S/C27H32N2O7S/c1-3-34-27(31)24-18-8-4-5-9-19(18)26(30)29(21-11-7-6-10-20(21)28-37(2,32)33)25(24)17-12-13-22-23(16-17)36-15-14-35-22/h4-5,8-9,12-13,16,20-21,24-25,28H,3,6-7,10-11,14-15H2,1-2H3. The summed E-state index contributed by atoms with van der Waals surface area (Å²) in [6.45, 7) is 2.79. The van der Waals surface area contributed by atoms with Crippen molar-refractivity contribution in [2.24, 2.45) is 0 Å². The molecule has 5 rings (SSSR count). The molecule has 0 spiro atoms. The lowest BCUT2D eigenvalue weighted by molar-refractivity contribution is -0.147. The molecular formula is C27H32N2O7S. The monoisotopic (exact) mass is 528 g/mol. The lowest BCUT2D eigenvalue weighted by Gasteiger charge is -2.48. The molecule has 10 heteroatoms. The molecule has 1 aliphatic carbocycles. The van der Waals surface area contributed by atoms with Crippen LogP contribution in [0.5, 0.6) is 11.5 Å². The van der Waals surface area contributed by atoms with E-state index < -0.39 is 40.0 Å². The van der Waals surface area contributed by atoms with E-state index in [-0.39, 0.29) is 12.5 Å². The van der Waals surface area contributed by atoms with Crippen molar-refractivity contribution < 1.29 is 32.2 Å². The number of nitrogens with one attached hydrogen (secondary N) is 1. The van der Waals surface area contributed by atoms with Crippen LogP contribution >= 0.6 is 0 Å². The Kier molecular flexibility index (Phi) is 7.13. The van der Waals surface area contributed by atoms with E-state index in [1.165, 1.54) is 0 Å². The van der Waals surface area contributed by atoms with Crippen molar-refractivity contribution in [3.8, 4) is 11.5 Å². The first-order valence-electron chi connectivity index (χ1n) is 12.7. The van der Waals surface area contributed by atoms with E-state index in [0.717, 1.165) is 19.1 Å². The number of esters is 1. The van der Waals surface area contributed by atoms with Gasteiger partial charge < -0.3 is 19.1 Å². The Bertz CT molecular complexity index is 1300. The first-order valence-corrected chi connectivity index (χ1v) is 14.6. The highest BCUT2D eigenvalue weighted by molar-refractivity contribution is 7.88. The Hall–Kier alpha value is -3.11. The Morgan fingerprint density at radius 3 is 2.57 bits per heavy atom. The normalized spacial score (nSPS) is 25.4. The van der Waals surface area contributed by atoms with E-state index in [4.69, 9.17) is 14.2 Å². The van der Waals surface area contributed by atoms with Crippen LogP contribution in [0.2, 0.25) is 0 Å². The van der Waals surface area contributed by atoms with Gasteiger partial charge in [-0.05, 0) is 49.1 Å². The molecule has 9 nitrogen and oxygen atoms in total. The molecule has 1 amide bonds. The number of benzene rings is 2. The summed E-state index contributed by atoms with van der Waals surface area (Å²) >= 11 is 0. The summed E-state index contributed by atoms with van der Waals surface area (Å²) in [7, 11) is -3.52. The molecule has 2 aromatic carbocycles. The van der Waals surface area contributed by atoms with Gasteiger partial charge in [-0.3, -0.25) is 9.59 Å². The van der Waals surface area contributed by atoms with Crippen LogP contribution in [0.25, 0.3) is 0 Å². The number of rotatable bonds is 6. The van der Waals surface area contributed by atoms with Crippen molar-refractivity contribution >= 4 is 21.9 Å². The fraction of sp³-hybridized carbons (Fsp3) is 0.481. The van der Waals surface area contributed by atoms with Gasteiger partial charge in [0.25, 0.3) is 5.91 Å². The molecule has 4 unspecified atom stereocenters. The molecule has 2 heterocycles. The fourth-order valence-corrected chi connectivity index (χ4v) is 6.68. The number of amides is 1. The van der Waals surface area contributed by atoms with Gasteiger partial charge in [-0.15, -0.1) is 0 Å². The predicted octanol–water partition coefficient (Wildman–Crippen LogP) is 3.16. The van der Waals surface area contributed by atoms with Gasteiger partial charge in [0.05, 0.1) is 18.9 Å². The summed E-state index contributed by atoms with van der Waals surface area (Å²) in [5, 5.41) is 0. The van der Waals surface area contributed by atoms with Gasteiger partial charge in [0.2, 0.25) is 10.0 Å². The lowest BCUT2D eigenvalue weighted by Crippen LogP contribution is -2.58. The van der Waals surface area contributed by atoms with Gasteiger partial charge in [0.1, 0.15) is 19.1 Å². The lowest BCUT2D eigenvalue weighted by atomic mass is 9.77. The summed E-state index contributed by atoms with van der Waals surface area (Å²) in [5.74, 6) is -0.311. The van der Waals surface area contributed by atoms with Crippen LogP contribution in [0.4, 0.5) is 0 Å². The first kappa shape index (κ1) is 25.5. The Labute approximate surface area is 217 Å². The van der Waals surface area contributed by atoms with Crippen molar-refractivity contribution in [3.63, 3.8) is 0 Å². The zero-order chi connectivity index (χ0) is 26.2. The number of ether oxygens (including phenoxy) is 3. The molecule has 0 saturated heterocycles.